The van der Waals surface area contributed by atoms with Gasteiger partial charge in [-0.25, -0.2) is 9.78 Å². The topological polar surface area (TPSA) is 62.2 Å². The van der Waals surface area contributed by atoms with Crippen LogP contribution in [0.1, 0.15) is 23.7 Å². The quantitative estimate of drug-likeness (QED) is 0.833. The predicted molar refractivity (Wildman–Crippen MR) is 60.0 cm³/mol. The van der Waals surface area contributed by atoms with Gasteiger partial charge in [0, 0.05) is 6.04 Å². The van der Waals surface area contributed by atoms with Crippen LogP contribution in [0.2, 0.25) is 5.15 Å². The average molecular weight is 283 g/mol. The minimum Gasteiger partial charge on any atom is -0.478 e. The Morgan fingerprint density at radius 1 is 1.56 bits per heavy atom. The van der Waals surface area contributed by atoms with Gasteiger partial charge in [0.1, 0.15) is 11.0 Å². The molecule has 18 heavy (non-hydrogen) atoms. The summed E-state index contributed by atoms with van der Waals surface area (Å²) in [6.07, 6.45) is -5.36. The van der Waals surface area contributed by atoms with Crippen molar-refractivity contribution >= 4 is 23.4 Å². The number of rotatable bonds is 4. The number of hydrogen-bond donors (Lipinski definition) is 2. The number of anilines is 1. The van der Waals surface area contributed by atoms with Crippen molar-refractivity contribution in [3.8, 4) is 0 Å². The second kappa shape index (κ2) is 5.43. The summed E-state index contributed by atoms with van der Waals surface area (Å²) in [5, 5.41) is 11.1. The molecule has 0 radical (unpaired) electrons. The number of hydrogen-bond acceptors (Lipinski definition) is 3. The van der Waals surface area contributed by atoms with Crippen LogP contribution >= 0.6 is 11.6 Å². The summed E-state index contributed by atoms with van der Waals surface area (Å²) in [4.78, 5) is 14.4. The van der Waals surface area contributed by atoms with Gasteiger partial charge in [0.15, 0.2) is 0 Å². The smallest absolute Gasteiger partial charge is 0.391 e. The molecule has 1 aromatic rings. The van der Waals surface area contributed by atoms with Gasteiger partial charge in [-0.3, -0.25) is 0 Å². The van der Waals surface area contributed by atoms with Crippen molar-refractivity contribution in [2.24, 2.45) is 0 Å². The first-order chi connectivity index (χ1) is 8.17. The maximum absolute atomic E-state index is 12.1. The minimum atomic E-state index is -4.30. The minimum absolute atomic E-state index is 0.00310. The van der Waals surface area contributed by atoms with Crippen LogP contribution in [0.5, 0.6) is 0 Å². The number of alkyl halides is 3. The van der Waals surface area contributed by atoms with Gasteiger partial charge < -0.3 is 10.4 Å². The number of carbonyl (C=O) groups is 1. The molecule has 0 aromatic carbocycles. The summed E-state index contributed by atoms with van der Waals surface area (Å²) in [5.41, 5.74) is -0.142. The lowest BCUT2D eigenvalue weighted by Crippen LogP contribution is -2.24. The molecule has 100 valence electrons. The molecule has 1 unspecified atom stereocenters. The summed E-state index contributed by atoms with van der Waals surface area (Å²) < 4.78 is 36.3. The molecule has 0 saturated heterocycles. The molecule has 0 aliphatic carbocycles. The second-order valence-corrected chi connectivity index (χ2v) is 4.12. The van der Waals surface area contributed by atoms with Crippen molar-refractivity contribution in [2.75, 3.05) is 5.32 Å². The lowest BCUT2D eigenvalue weighted by Gasteiger charge is -2.16. The maximum atomic E-state index is 12.1. The van der Waals surface area contributed by atoms with Gasteiger partial charge in [0.25, 0.3) is 0 Å². The normalized spacial score (nSPS) is 13.2. The lowest BCUT2D eigenvalue weighted by atomic mass is 10.2. The van der Waals surface area contributed by atoms with Gasteiger partial charge in [-0.05, 0) is 19.1 Å². The highest BCUT2D eigenvalue weighted by atomic mass is 35.5. The highest BCUT2D eigenvalue weighted by molar-refractivity contribution is 6.29. The van der Waals surface area contributed by atoms with Crippen LogP contribution in [0.15, 0.2) is 12.1 Å². The third kappa shape index (κ3) is 4.79. The van der Waals surface area contributed by atoms with Gasteiger partial charge in [-0.2, -0.15) is 13.2 Å². The fourth-order valence-electron chi connectivity index (χ4n) is 1.34. The zero-order valence-electron chi connectivity index (χ0n) is 9.25. The Morgan fingerprint density at radius 2 is 2.17 bits per heavy atom. The Bertz CT molecular complexity index is 451. The van der Waals surface area contributed by atoms with E-state index in [0.717, 1.165) is 12.1 Å². The van der Waals surface area contributed by atoms with Crippen LogP contribution in [0.3, 0.4) is 0 Å². The molecule has 0 bridgehead atoms. The van der Waals surface area contributed by atoms with E-state index in [-0.39, 0.29) is 16.5 Å². The van der Waals surface area contributed by atoms with Crippen molar-refractivity contribution in [1.82, 2.24) is 4.98 Å². The van der Waals surface area contributed by atoms with E-state index in [1.807, 2.05) is 0 Å². The second-order valence-electron chi connectivity index (χ2n) is 3.73. The number of aromatic nitrogens is 1. The van der Waals surface area contributed by atoms with Crippen molar-refractivity contribution in [3.05, 3.63) is 22.8 Å². The molecule has 0 amide bonds. The van der Waals surface area contributed by atoms with Gasteiger partial charge >= 0.3 is 12.1 Å². The SMILES string of the molecule is CC(CC(F)(F)F)Nc1cc(C(=O)O)cc(Cl)n1. The highest BCUT2D eigenvalue weighted by Crippen LogP contribution is 2.23. The van der Waals surface area contributed by atoms with Gasteiger partial charge in [-0.1, -0.05) is 11.6 Å². The van der Waals surface area contributed by atoms with Gasteiger partial charge in [0.05, 0.1) is 12.0 Å². The van der Waals surface area contributed by atoms with Gasteiger partial charge in [-0.15, -0.1) is 0 Å². The molecule has 1 atom stereocenters. The number of carboxylic acids is 1. The monoisotopic (exact) mass is 282 g/mol. The molecule has 8 heteroatoms. The maximum Gasteiger partial charge on any atom is 0.391 e. The standard InChI is InChI=1S/C10H10ClF3N2O2/c1-5(4-10(12,13)14)15-8-3-6(9(17)18)2-7(11)16-8/h2-3,5H,4H2,1H3,(H,15,16)(H,17,18). The molecule has 0 spiro atoms. The average Bonchev–Trinajstić information content (AvgIpc) is 2.12. The fraction of sp³-hybridized carbons (Fsp3) is 0.400. The Labute approximate surface area is 106 Å². The summed E-state index contributed by atoms with van der Waals surface area (Å²) in [7, 11) is 0. The van der Waals surface area contributed by atoms with E-state index < -0.39 is 24.6 Å². The molecular weight excluding hydrogens is 273 g/mol. The highest BCUT2D eigenvalue weighted by Gasteiger charge is 2.30. The number of carboxylic acid groups (broad SMARTS) is 1. The van der Waals surface area contributed by atoms with Crippen LogP contribution in [0, 0.1) is 0 Å². The number of aromatic carboxylic acids is 1. The van der Waals surface area contributed by atoms with Crippen LogP contribution in [-0.4, -0.2) is 28.3 Å². The Balaban J connectivity index is 2.81. The first-order valence-electron chi connectivity index (χ1n) is 4.91. The van der Waals surface area contributed by atoms with Crippen LogP contribution in [0.25, 0.3) is 0 Å². The molecule has 1 rings (SSSR count). The summed E-state index contributed by atoms with van der Waals surface area (Å²) >= 11 is 5.57. The molecular formula is C10H10ClF3N2O2. The van der Waals surface area contributed by atoms with E-state index in [1.54, 1.807) is 0 Å². The summed E-state index contributed by atoms with van der Waals surface area (Å²) in [6, 6.07) is 1.31. The van der Waals surface area contributed by atoms with Crippen molar-refractivity contribution in [1.29, 1.82) is 0 Å². The largest absolute Gasteiger partial charge is 0.478 e. The molecule has 0 saturated carbocycles. The molecule has 0 aliphatic rings. The van der Waals surface area contributed by atoms with Crippen LogP contribution < -0.4 is 5.32 Å². The van der Waals surface area contributed by atoms with E-state index in [4.69, 9.17) is 16.7 Å². The van der Waals surface area contributed by atoms with E-state index in [2.05, 4.69) is 10.3 Å². The Kier molecular flexibility index (Phi) is 4.39. The third-order valence-corrected chi connectivity index (χ3v) is 2.17. The Morgan fingerprint density at radius 3 is 2.67 bits per heavy atom. The number of halogens is 4. The van der Waals surface area contributed by atoms with Crippen molar-refractivity contribution in [2.45, 2.75) is 25.6 Å². The molecule has 0 aliphatic heterocycles. The number of pyridine rings is 1. The van der Waals surface area contributed by atoms with E-state index in [1.165, 1.54) is 6.92 Å². The van der Waals surface area contributed by atoms with Crippen LogP contribution in [0.4, 0.5) is 19.0 Å². The number of nitrogens with one attached hydrogen (secondary N) is 1. The summed E-state index contributed by atoms with van der Waals surface area (Å²) in [5.74, 6) is -1.23. The zero-order chi connectivity index (χ0) is 13.9. The fourth-order valence-corrected chi connectivity index (χ4v) is 1.55. The molecule has 1 aromatic heterocycles. The van der Waals surface area contributed by atoms with E-state index in [0.29, 0.717) is 0 Å². The van der Waals surface area contributed by atoms with Crippen LogP contribution in [-0.2, 0) is 0 Å². The molecule has 0 fully saturated rings. The van der Waals surface area contributed by atoms with E-state index in [9.17, 15) is 18.0 Å². The predicted octanol–water partition coefficient (Wildman–Crippen LogP) is 3.19. The van der Waals surface area contributed by atoms with Crippen molar-refractivity contribution < 1.29 is 23.1 Å². The van der Waals surface area contributed by atoms with Gasteiger partial charge in [0.2, 0.25) is 0 Å². The Hall–Kier alpha value is -1.50. The molecule has 4 nitrogen and oxygen atoms in total. The third-order valence-electron chi connectivity index (χ3n) is 1.97. The number of nitrogens with zero attached hydrogens (tertiary/aromatic N) is 1. The first kappa shape index (κ1) is 14.6. The molecule has 1 heterocycles. The summed E-state index contributed by atoms with van der Waals surface area (Å²) in [6.45, 7) is 1.32. The molecule has 2 N–H and O–H groups in total. The zero-order valence-corrected chi connectivity index (χ0v) is 10.0. The van der Waals surface area contributed by atoms with E-state index >= 15 is 0 Å². The van der Waals surface area contributed by atoms with Crippen molar-refractivity contribution in [3.63, 3.8) is 0 Å². The first-order valence-corrected chi connectivity index (χ1v) is 5.29. The lowest BCUT2D eigenvalue weighted by molar-refractivity contribution is -0.136.